The molecular weight excluding hydrogens is 222 g/mol. The summed E-state index contributed by atoms with van der Waals surface area (Å²) in [5.41, 5.74) is -1.92. The van der Waals surface area contributed by atoms with E-state index in [4.69, 9.17) is 5.26 Å². The molecule has 0 atom stereocenters. The molecule has 0 fully saturated rings. The molecule has 5 nitrogen and oxygen atoms in total. The third-order valence-corrected chi connectivity index (χ3v) is 1.74. The van der Waals surface area contributed by atoms with Gasteiger partial charge in [-0.1, -0.05) is 0 Å². The molecule has 0 aliphatic carbocycles. The molecule has 1 heterocycles. The van der Waals surface area contributed by atoms with Crippen LogP contribution in [0.15, 0.2) is 6.07 Å². The van der Waals surface area contributed by atoms with Gasteiger partial charge in [0.1, 0.15) is 6.07 Å². The minimum absolute atomic E-state index is 0.452. The number of esters is 1. The second-order valence-corrected chi connectivity index (χ2v) is 2.69. The Morgan fingerprint density at radius 2 is 2.31 bits per heavy atom. The van der Waals surface area contributed by atoms with E-state index in [0.29, 0.717) is 0 Å². The van der Waals surface area contributed by atoms with Crippen LogP contribution in [-0.4, -0.2) is 23.2 Å². The van der Waals surface area contributed by atoms with Crippen LogP contribution in [0.1, 0.15) is 28.2 Å². The Morgan fingerprint density at radius 3 is 2.75 bits per heavy atom. The highest BCUT2D eigenvalue weighted by Gasteiger charge is 2.22. The lowest BCUT2D eigenvalue weighted by Crippen LogP contribution is -2.07. The number of carbonyl (C=O) groups is 1. The van der Waals surface area contributed by atoms with E-state index in [1.807, 2.05) is 0 Å². The number of alkyl halides is 2. The number of ether oxygens (including phenoxy) is 1. The van der Waals surface area contributed by atoms with Gasteiger partial charge in [0, 0.05) is 0 Å². The van der Waals surface area contributed by atoms with Crippen molar-refractivity contribution < 1.29 is 23.4 Å². The first kappa shape index (κ1) is 11.8. The molecule has 0 spiro atoms. The van der Waals surface area contributed by atoms with Crippen molar-refractivity contribution in [3.8, 4) is 11.8 Å². The maximum atomic E-state index is 12.4. The van der Waals surface area contributed by atoms with E-state index in [9.17, 15) is 18.7 Å². The molecule has 0 saturated heterocycles. The van der Waals surface area contributed by atoms with Crippen LogP contribution in [0.5, 0.6) is 5.75 Å². The number of aromatic nitrogens is 1. The lowest BCUT2D eigenvalue weighted by Gasteiger charge is -2.06. The summed E-state index contributed by atoms with van der Waals surface area (Å²) in [5.74, 6) is -1.89. The largest absolute Gasteiger partial charge is 0.505 e. The summed E-state index contributed by atoms with van der Waals surface area (Å²) in [7, 11) is 1.05. The molecule has 1 rings (SSSR count). The van der Waals surface area contributed by atoms with Gasteiger partial charge in [-0.3, -0.25) is 0 Å². The monoisotopic (exact) mass is 228 g/mol. The molecule has 0 aromatic carbocycles. The molecule has 1 N–H and O–H groups in total. The lowest BCUT2D eigenvalue weighted by molar-refractivity contribution is 0.0592. The topological polar surface area (TPSA) is 83.2 Å². The predicted octanol–water partition coefficient (Wildman–Crippen LogP) is 1.38. The zero-order valence-electron chi connectivity index (χ0n) is 8.07. The van der Waals surface area contributed by atoms with Gasteiger partial charge in [0.15, 0.2) is 17.1 Å². The van der Waals surface area contributed by atoms with Crippen LogP contribution in [0.4, 0.5) is 8.78 Å². The Balaban J connectivity index is 3.41. The Kier molecular flexibility index (Phi) is 3.35. The van der Waals surface area contributed by atoms with E-state index in [-0.39, 0.29) is 0 Å². The molecule has 7 heteroatoms. The summed E-state index contributed by atoms with van der Waals surface area (Å²) >= 11 is 0. The molecular formula is C9H6F2N2O3. The van der Waals surface area contributed by atoms with Crippen LogP contribution in [0, 0.1) is 11.3 Å². The number of pyridine rings is 1. The first-order chi connectivity index (χ1) is 7.51. The molecule has 84 valence electrons. The van der Waals surface area contributed by atoms with Crippen LogP contribution in [0.2, 0.25) is 0 Å². The van der Waals surface area contributed by atoms with Gasteiger partial charge >= 0.3 is 5.97 Å². The fraction of sp³-hybridized carbons (Fsp3) is 0.222. The number of nitriles is 1. The van der Waals surface area contributed by atoms with Crippen molar-refractivity contribution in [3.63, 3.8) is 0 Å². The van der Waals surface area contributed by atoms with Crippen molar-refractivity contribution in [3.05, 3.63) is 23.0 Å². The maximum absolute atomic E-state index is 12.4. The second-order valence-electron chi connectivity index (χ2n) is 2.69. The van der Waals surface area contributed by atoms with Crippen LogP contribution >= 0.6 is 0 Å². The van der Waals surface area contributed by atoms with E-state index >= 15 is 0 Å². The fourth-order valence-corrected chi connectivity index (χ4v) is 1.00. The smallest absolute Gasteiger partial charge is 0.356 e. The number of halogens is 2. The summed E-state index contributed by atoms with van der Waals surface area (Å²) in [6.07, 6.45) is -3.09. The number of rotatable bonds is 2. The van der Waals surface area contributed by atoms with Crippen LogP contribution in [-0.2, 0) is 4.74 Å². The van der Waals surface area contributed by atoms with Crippen molar-refractivity contribution in [1.29, 1.82) is 5.26 Å². The molecule has 0 unspecified atom stereocenters. The van der Waals surface area contributed by atoms with E-state index in [1.165, 1.54) is 6.07 Å². The number of carbonyl (C=O) groups excluding carboxylic acids is 1. The maximum Gasteiger partial charge on any atom is 0.356 e. The molecule has 0 amide bonds. The van der Waals surface area contributed by atoms with Gasteiger partial charge in [-0.15, -0.1) is 0 Å². The Hall–Kier alpha value is -2.23. The average molecular weight is 228 g/mol. The SMILES string of the molecule is COC(=O)c1cc(C#N)c(O)c(C(F)F)n1. The summed E-state index contributed by atoms with van der Waals surface area (Å²) in [4.78, 5) is 14.3. The molecule has 1 aromatic heterocycles. The molecule has 0 aliphatic rings. The molecule has 0 radical (unpaired) electrons. The van der Waals surface area contributed by atoms with Gasteiger partial charge in [0.25, 0.3) is 6.43 Å². The summed E-state index contributed by atoms with van der Waals surface area (Å²) in [6, 6.07) is 2.36. The second kappa shape index (κ2) is 4.53. The Bertz CT molecular complexity index is 469. The molecule has 0 bridgehead atoms. The number of aromatic hydroxyl groups is 1. The van der Waals surface area contributed by atoms with Gasteiger partial charge < -0.3 is 9.84 Å². The van der Waals surface area contributed by atoms with Gasteiger partial charge in [-0.25, -0.2) is 18.6 Å². The first-order valence-corrected chi connectivity index (χ1v) is 4.01. The van der Waals surface area contributed by atoms with Gasteiger partial charge in [-0.2, -0.15) is 5.26 Å². The van der Waals surface area contributed by atoms with Gasteiger partial charge in [0.2, 0.25) is 0 Å². The van der Waals surface area contributed by atoms with Crippen LogP contribution in [0.25, 0.3) is 0 Å². The standard InChI is InChI=1S/C9H6F2N2O3/c1-16-9(15)5-2-4(3-12)7(14)6(13-5)8(10)11/h2,8,14H,1H3. The summed E-state index contributed by atoms with van der Waals surface area (Å²) in [6.45, 7) is 0. The normalized spacial score (nSPS) is 9.94. The fourth-order valence-electron chi connectivity index (χ4n) is 1.00. The average Bonchev–Trinajstić information content (AvgIpc) is 2.27. The number of hydrogen-bond acceptors (Lipinski definition) is 5. The quantitative estimate of drug-likeness (QED) is 0.773. The van der Waals surface area contributed by atoms with Crippen molar-refractivity contribution in [2.24, 2.45) is 0 Å². The highest BCUT2D eigenvalue weighted by atomic mass is 19.3. The van der Waals surface area contributed by atoms with Crippen molar-refractivity contribution >= 4 is 5.97 Å². The lowest BCUT2D eigenvalue weighted by atomic mass is 10.2. The first-order valence-electron chi connectivity index (χ1n) is 4.01. The van der Waals surface area contributed by atoms with E-state index in [1.54, 1.807) is 0 Å². The summed E-state index contributed by atoms with van der Waals surface area (Å²) < 4.78 is 29.1. The minimum Gasteiger partial charge on any atom is -0.505 e. The van der Waals surface area contributed by atoms with Crippen molar-refractivity contribution in [2.75, 3.05) is 7.11 Å². The van der Waals surface area contributed by atoms with Gasteiger partial charge in [-0.05, 0) is 6.07 Å². The molecule has 0 aliphatic heterocycles. The molecule has 1 aromatic rings. The highest BCUT2D eigenvalue weighted by Crippen LogP contribution is 2.29. The van der Waals surface area contributed by atoms with Crippen LogP contribution in [0.3, 0.4) is 0 Å². The Morgan fingerprint density at radius 1 is 1.69 bits per heavy atom. The molecule has 16 heavy (non-hydrogen) atoms. The third kappa shape index (κ3) is 2.06. The summed E-state index contributed by atoms with van der Waals surface area (Å²) in [5, 5.41) is 17.8. The number of nitrogens with zero attached hydrogens (tertiary/aromatic N) is 2. The minimum atomic E-state index is -3.09. The van der Waals surface area contributed by atoms with Crippen molar-refractivity contribution in [2.45, 2.75) is 6.43 Å². The zero-order valence-corrected chi connectivity index (χ0v) is 8.07. The molecule has 0 saturated carbocycles. The zero-order chi connectivity index (χ0) is 12.3. The third-order valence-electron chi connectivity index (χ3n) is 1.74. The predicted molar refractivity (Wildman–Crippen MR) is 46.9 cm³/mol. The van der Waals surface area contributed by atoms with E-state index < -0.39 is 35.1 Å². The number of hydrogen-bond donors (Lipinski definition) is 1. The van der Waals surface area contributed by atoms with Crippen molar-refractivity contribution in [1.82, 2.24) is 4.98 Å². The van der Waals surface area contributed by atoms with E-state index in [2.05, 4.69) is 9.72 Å². The van der Waals surface area contributed by atoms with Crippen LogP contribution < -0.4 is 0 Å². The Labute approximate surface area is 88.9 Å². The van der Waals surface area contributed by atoms with Gasteiger partial charge in [0.05, 0.1) is 12.7 Å². The number of methoxy groups -OCH3 is 1. The van der Waals surface area contributed by atoms with E-state index in [0.717, 1.165) is 13.2 Å². The highest BCUT2D eigenvalue weighted by molar-refractivity contribution is 5.88.